The van der Waals surface area contributed by atoms with Crippen LogP contribution in [-0.4, -0.2) is 31.3 Å². The molecular weight excluding hydrogens is 386 g/mol. The molecule has 0 bridgehead atoms. The molecule has 4 aromatic rings. The van der Waals surface area contributed by atoms with Gasteiger partial charge >= 0.3 is 0 Å². The Bertz CT molecular complexity index is 1220. The van der Waals surface area contributed by atoms with Crippen LogP contribution in [-0.2, 0) is 6.54 Å². The average molecular weight is 414 g/mol. The van der Waals surface area contributed by atoms with Crippen LogP contribution in [0.1, 0.15) is 52.9 Å². The van der Waals surface area contributed by atoms with Crippen molar-refractivity contribution in [3.05, 3.63) is 77.2 Å². The first-order chi connectivity index (χ1) is 15.1. The van der Waals surface area contributed by atoms with Crippen LogP contribution in [0.3, 0.4) is 0 Å². The van der Waals surface area contributed by atoms with Crippen molar-refractivity contribution in [1.29, 1.82) is 0 Å². The predicted octanol–water partition coefficient (Wildman–Crippen LogP) is 4.56. The van der Waals surface area contributed by atoms with Gasteiger partial charge in [0.2, 0.25) is 0 Å². The minimum absolute atomic E-state index is 0.0193. The Morgan fingerprint density at radius 3 is 2.52 bits per heavy atom. The molecule has 6 heteroatoms. The van der Waals surface area contributed by atoms with Crippen LogP contribution in [0.4, 0.5) is 0 Å². The smallest absolute Gasteiger partial charge is 0.251 e. The second-order valence-electron chi connectivity index (χ2n) is 8.50. The van der Waals surface area contributed by atoms with Gasteiger partial charge in [-0.1, -0.05) is 25.0 Å². The molecule has 31 heavy (non-hydrogen) atoms. The molecule has 1 N–H and O–H groups in total. The molecule has 1 aromatic carbocycles. The summed E-state index contributed by atoms with van der Waals surface area (Å²) in [6.45, 7) is 4.71. The van der Waals surface area contributed by atoms with E-state index in [1.54, 1.807) is 0 Å². The Morgan fingerprint density at radius 2 is 1.81 bits per heavy atom. The van der Waals surface area contributed by atoms with Crippen molar-refractivity contribution >= 4 is 16.9 Å². The summed E-state index contributed by atoms with van der Waals surface area (Å²) in [5.74, 6) is 0.906. The zero-order valence-corrected chi connectivity index (χ0v) is 18.0. The number of aryl methyl sites for hydroxylation is 2. The Kier molecular flexibility index (Phi) is 5.06. The van der Waals surface area contributed by atoms with Gasteiger partial charge in [-0.05, 0) is 68.1 Å². The average Bonchev–Trinajstić information content (AvgIpc) is 3.50. The van der Waals surface area contributed by atoms with Gasteiger partial charge in [0.05, 0.1) is 11.9 Å². The molecule has 1 aliphatic carbocycles. The van der Waals surface area contributed by atoms with E-state index in [-0.39, 0.29) is 5.91 Å². The van der Waals surface area contributed by atoms with E-state index < -0.39 is 0 Å². The highest BCUT2D eigenvalue weighted by molar-refractivity contribution is 5.94. The van der Waals surface area contributed by atoms with E-state index in [2.05, 4.69) is 18.3 Å². The summed E-state index contributed by atoms with van der Waals surface area (Å²) in [4.78, 5) is 17.3. The van der Waals surface area contributed by atoms with Gasteiger partial charge in [0.25, 0.3) is 5.91 Å². The number of carbonyl (C=O) groups is 1. The van der Waals surface area contributed by atoms with Crippen molar-refractivity contribution < 1.29 is 4.79 Å². The molecule has 0 saturated heterocycles. The normalized spacial score (nSPS) is 14.4. The lowest BCUT2D eigenvalue weighted by molar-refractivity contribution is 0.0938. The zero-order valence-electron chi connectivity index (χ0n) is 18.0. The Labute approximate surface area is 181 Å². The predicted molar refractivity (Wildman–Crippen MR) is 122 cm³/mol. The lowest BCUT2D eigenvalue weighted by Crippen LogP contribution is -2.32. The van der Waals surface area contributed by atoms with Crippen LogP contribution < -0.4 is 5.32 Å². The summed E-state index contributed by atoms with van der Waals surface area (Å²) in [5, 5.41) is 9.11. The summed E-state index contributed by atoms with van der Waals surface area (Å²) < 4.78 is 3.98. The van der Waals surface area contributed by atoms with Crippen LogP contribution in [0.2, 0.25) is 0 Å². The number of hydrogen-bond acceptors (Lipinski definition) is 3. The largest absolute Gasteiger partial charge is 0.349 e. The van der Waals surface area contributed by atoms with Crippen LogP contribution in [0, 0.1) is 13.8 Å². The quantitative estimate of drug-likeness (QED) is 0.522. The van der Waals surface area contributed by atoms with Crippen molar-refractivity contribution in [1.82, 2.24) is 24.6 Å². The van der Waals surface area contributed by atoms with Crippen molar-refractivity contribution in [2.75, 3.05) is 0 Å². The number of fused-ring (bicyclic) bond motifs is 1. The molecule has 1 aliphatic rings. The third-order valence-corrected chi connectivity index (χ3v) is 6.10. The monoisotopic (exact) mass is 413 g/mol. The number of carbonyl (C=O) groups excluding carboxylic acids is 1. The van der Waals surface area contributed by atoms with E-state index in [0.29, 0.717) is 18.2 Å². The van der Waals surface area contributed by atoms with Crippen LogP contribution >= 0.6 is 0 Å². The number of rotatable bonds is 5. The Hall–Kier alpha value is -3.41. The number of aromatic nitrogens is 4. The summed E-state index contributed by atoms with van der Waals surface area (Å²) in [7, 11) is 0. The summed E-state index contributed by atoms with van der Waals surface area (Å²) in [6.07, 6.45) is 8.60. The molecular formula is C25H27N5O. The van der Waals surface area contributed by atoms with Crippen molar-refractivity contribution in [2.45, 2.75) is 52.1 Å². The second kappa shape index (κ2) is 8.02. The highest BCUT2D eigenvalue weighted by Crippen LogP contribution is 2.26. The fraction of sp³-hybridized carbons (Fsp3) is 0.320. The molecule has 0 unspecified atom stereocenters. The standard InChI is InChI=1S/C25H27N5O/c1-17-15-18(2)26-23-22(17)24(29-13-5-6-14-29)28-30(23)16-19-9-11-20(12-10-19)25(31)27-21-7-3-4-8-21/h5-6,9-15,21H,3-4,7-8,16H2,1-2H3,(H,27,31). The maximum Gasteiger partial charge on any atom is 0.251 e. The van der Waals surface area contributed by atoms with Gasteiger partial charge < -0.3 is 9.88 Å². The molecule has 0 spiro atoms. The van der Waals surface area contributed by atoms with E-state index in [0.717, 1.165) is 46.5 Å². The molecule has 0 atom stereocenters. The molecule has 0 aliphatic heterocycles. The van der Waals surface area contributed by atoms with Gasteiger partial charge in [0.1, 0.15) is 0 Å². The molecule has 3 heterocycles. The summed E-state index contributed by atoms with van der Waals surface area (Å²) in [6, 6.07) is 14.2. The Morgan fingerprint density at radius 1 is 1.10 bits per heavy atom. The fourth-order valence-corrected chi connectivity index (χ4v) is 4.53. The molecule has 158 valence electrons. The van der Waals surface area contributed by atoms with E-state index in [1.807, 2.05) is 65.0 Å². The van der Waals surface area contributed by atoms with Gasteiger partial charge in [-0.3, -0.25) is 4.79 Å². The maximum atomic E-state index is 12.5. The van der Waals surface area contributed by atoms with Crippen molar-refractivity contribution in [3.63, 3.8) is 0 Å². The first-order valence-corrected chi connectivity index (χ1v) is 11.0. The van der Waals surface area contributed by atoms with Crippen LogP contribution in [0.25, 0.3) is 16.9 Å². The zero-order chi connectivity index (χ0) is 21.4. The molecule has 3 aromatic heterocycles. The van der Waals surface area contributed by atoms with Crippen LogP contribution in [0.15, 0.2) is 54.9 Å². The number of benzene rings is 1. The Balaban J connectivity index is 1.43. The lowest BCUT2D eigenvalue weighted by atomic mass is 10.1. The third-order valence-electron chi connectivity index (χ3n) is 6.10. The summed E-state index contributed by atoms with van der Waals surface area (Å²) in [5.41, 5.74) is 4.81. The van der Waals surface area contributed by atoms with Gasteiger partial charge in [-0.15, -0.1) is 0 Å². The number of hydrogen-bond donors (Lipinski definition) is 1. The molecule has 1 saturated carbocycles. The fourth-order valence-electron chi connectivity index (χ4n) is 4.53. The SMILES string of the molecule is Cc1cc(C)c2c(-n3cccc3)nn(Cc3ccc(C(=O)NC4CCCC4)cc3)c2n1. The lowest BCUT2D eigenvalue weighted by Gasteiger charge is -2.12. The van der Waals surface area contributed by atoms with Crippen LogP contribution in [0.5, 0.6) is 0 Å². The minimum Gasteiger partial charge on any atom is -0.349 e. The number of pyridine rings is 1. The topological polar surface area (TPSA) is 64.7 Å². The number of nitrogens with one attached hydrogen (secondary N) is 1. The molecule has 0 radical (unpaired) electrons. The molecule has 5 rings (SSSR count). The minimum atomic E-state index is 0.0193. The highest BCUT2D eigenvalue weighted by Gasteiger charge is 2.19. The van der Waals surface area contributed by atoms with Gasteiger partial charge in [0.15, 0.2) is 11.5 Å². The highest BCUT2D eigenvalue weighted by atomic mass is 16.1. The molecule has 1 amide bonds. The van der Waals surface area contributed by atoms with Crippen molar-refractivity contribution in [2.24, 2.45) is 0 Å². The van der Waals surface area contributed by atoms with Gasteiger partial charge in [0, 0.05) is 29.7 Å². The number of amides is 1. The molecule has 1 fully saturated rings. The first kappa shape index (κ1) is 19.5. The van der Waals surface area contributed by atoms with E-state index in [9.17, 15) is 4.79 Å². The molecule has 6 nitrogen and oxygen atoms in total. The van der Waals surface area contributed by atoms with E-state index >= 15 is 0 Å². The number of nitrogens with zero attached hydrogens (tertiary/aromatic N) is 4. The maximum absolute atomic E-state index is 12.5. The van der Waals surface area contributed by atoms with E-state index in [1.165, 1.54) is 12.8 Å². The first-order valence-electron chi connectivity index (χ1n) is 11.0. The van der Waals surface area contributed by atoms with E-state index in [4.69, 9.17) is 10.1 Å². The second-order valence-corrected chi connectivity index (χ2v) is 8.50. The third kappa shape index (κ3) is 3.85. The van der Waals surface area contributed by atoms with Gasteiger partial charge in [-0.2, -0.15) is 5.10 Å². The summed E-state index contributed by atoms with van der Waals surface area (Å²) >= 11 is 0. The van der Waals surface area contributed by atoms with Crippen molar-refractivity contribution in [3.8, 4) is 5.82 Å². The van der Waals surface area contributed by atoms with Gasteiger partial charge in [-0.25, -0.2) is 9.67 Å².